The smallest absolute Gasteiger partial charge is 0.278 e. The number of benzene rings is 2. The molecule has 0 fully saturated rings. The van der Waals surface area contributed by atoms with E-state index in [0.29, 0.717) is 24.0 Å². The number of hydrogen-bond acceptors (Lipinski definition) is 4. The van der Waals surface area contributed by atoms with Crippen LogP contribution in [0.25, 0.3) is 21.9 Å². The average molecular weight is 479 g/mol. The molecule has 2 N–H and O–H groups in total. The van der Waals surface area contributed by atoms with E-state index in [2.05, 4.69) is 17.6 Å². The number of furan rings is 2. The molecular formula is C26H30F4N2O2. The third kappa shape index (κ3) is 5.98. The molecule has 8 heteroatoms. The van der Waals surface area contributed by atoms with E-state index in [0.717, 1.165) is 30.7 Å². The summed E-state index contributed by atoms with van der Waals surface area (Å²) in [5.74, 6) is -1.34. The fraction of sp³-hybridized carbons (Fsp3) is 0.385. The Balaban J connectivity index is 0.000000191. The van der Waals surface area contributed by atoms with Crippen molar-refractivity contribution in [2.45, 2.75) is 51.6 Å². The van der Waals surface area contributed by atoms with Gasteiger partial charge in [-0.3, -0.25) is 0 Å². The van der Waals surface area contributed by atoms with Crippen LogP contribution >= 0.6 is 0 Å². The molecule has 4 aromatic rings. The summed E-state index contributed by atoms with van der Waals surface area (Å²) >= 11 is 0. The molecule has 0 bridgehead atoms. The Labute approximate surface area is 196 Å². The number of hydrogen-bond donors (Lipinski definition) is 2. The Hall–Kier alpha value is -2.84. The fourth-order valence-corrected chi connectivity index (χ4v) is 3.90. The van der Waals surface area contributed by atoms with Gasteiger partial charge in [0, 0.05) is 18.2 Å². The lowest BCUT2D eigenvalue weighted by Gasteiger charge is -2.14. The quantitative estimate of drug-likeness (QED) is 0.284. The Bertz CT molecular complexity index is 1230. The van der Waals surface area contributed by atoms with Gasteiger partial charge in [-0.1, -0.05) is 13.8 Å². The largest absolute Gasteiger partial charge is 0.461 e. The molecule has 0 spiro atoms. The van der Waals surface area contributed by atoms with E-state index in [-0.39, 0.29) is 34.3 Å². The second-order valence-electron chi connectivity index (χ2n) is 8.26. The van der Waals surface area contributed by atoms with E-state index in [9.17, 15) is 17.6 Å². The SMILES string of the molecule is CCC(Cc1cc(F)c2cc(F)oc2c1)NC.CCC(Cc1cc2occ(F)c2cc1F)NC. The van der Waals surface area contributed by atoms with Crippen molar-refractivity contribution in [3.8, 4) is 0 Å². The fourth-order valence-electron chi connectivity index (χ4n) is 3.90. The highest BCUT2D eigenvalue weighted by molar-refractivity contribution is 5.79. The minimum Gasteiger partial charge on any atom is -0.461 e. The monoisotopic (exact) mass is 478 g/mol. The maximum absolute atomic E-state index is 13.8. The van der Waals surface area contributed by atoms with Gasteiger partial charge in [0.05, 0.1) is 10.8 Å². The summed E-state index contributed by atoms with van der Waals surface area (Å²) in [6, 6.07) is 6.73. The van der Waals surface area contributed by atoms with Crippen molar-refractivity contribution in [2.75, 3.05) is 14.1 Å². The zero-order valence-corrected chi connectivity index (χ0v) is 19.8. The molecule has 4 nitrogen and oxygen atoms in total. The number of likely N-dealkylation sites (N-methyl/N-ethyl adjacent to an activating group) is 2. The van der Waals surface area contributed by atoms with Crippen LogP contribution in [0.2, 0.25) is 0 Å². The topological polar surface area (TPSA) is 50.3 Å². The predicted octanol–water partition coefficient (Wildman–Crippen LogP) is 6.50. The maximum atomic E-state index is 13.8. The molecule has 2 heterocycles. The summed E-state index contributed by atoms with van der Waals surface area (Å²) in [4.78, 5) is 0. The van der Waals surface area contributed by atoms with Crippen molar-refractivity contribution in [2.24, 2.45) is 0 Å². The summed E-state index contributed by atoms with van der Waals surface area (Å²) in [7, 11) is 3.72. The molecule has 34 heavy (non-hydrogen) atoms. The first-order chi connectivity index (χ1) is 16.3. The van der Waals surface area contributed by atoms with E-state index < -0.39 is 17.6 Å². The van der Waals surface area contributed by atoms with Crippen LogP contribution in [-0.2, 0) is 12.8 Å². The first-order valence-electron chi connectivity index (χ1n) is 11.4. The summed E-state index contributed by atoms with van der Waals surface area (Å²) in [5, 5.41) is 6.65. The predicted molar refractivity (Wildman–Crippen MR) is 126 cm³/mol. The van der Waals surface area contributed by atoms with Crippen LogP contribution in [0.3, 0.4) is 0 Å². The van der Waals surface area contributed by atoms with E-state index in [1.807, 2.05) is 21.0 Å². The van der Waals surface area contributed by atoms with Gasteiger partial charge in [0.1, 0.15) is 29.1 Å². The number of nitrogens with one attached hydrogen (secondary N) is 2. The van der Waals surface area contributed by atoms with Gasteiger partial charge in [-0.2, -0.15) is 4.39 Å². The van der Waals surface area contributed by atoms with Gasteiger partial charge in [-0.15, -0.1) is 0 Å². The van der Waals surface area contributed by atoms with E-state index in [1.54, 1.807) is 12.1 Å². The molecule has 184 valence electrons. The van der Waals surface area contributed by atoms with Crippen molar-refractivity contribution in [1.29, 1.82) is 0 Å². The van der Waals surface area contributed by atoms with Gasteiger partial charge in [0.25, 0.3) is 6.01 Å². The molecule has 0 aliphatic rings. The third-order valence-corrected chi connectivity index (χ3v) is 6.06. The zero-order chi connectivity index (χ0) is 24.8. The summed E-state index contributed by atoms with van der Waals surface area (Å²) in [5.41, 5.74) is 2.02. The normalized spacial score (nSPS) is 13.2. The molecule has 0 saturated heterocycles. The van der Waals surface area contributed by atoms with Crippen LogP contribution in [0, 0.1) is 23.5 Å². The van der Waals surface area contributed by atoms with Crippen molar-refractivity contribution in [3.63, 3.8) is 0 Å². The third-order valence-electron chi connectivity index (χ3n) is 6.06. The van der Waals surface area contributed by atoms with Crippen LogP contribution in [0.5, 0.6) is 0 Å². The van der Waals surface area contributed by atoms with Crippen LogP contribution < -0.4 is 10.6 Å². The summed E-state index contributed by atoms with van der Waals surface area (Å²) < 4.78 is 63.4. The van der Waals surface area contributed by atoms with E-state index in [1.165, 1.54) is 12.1 Å². The lowest BCUT2D eigenvalue weighted by Crippen LogP contribution is -2.26. The lowest BCUT2D eigenvalue weighted by molar-refractivity contribution is 0.380. The number of halogens is 4. The molecule has 4 rings (SSSR count). The first kappa shape index (κ1) is 25.8. The molecular weight excluding hydrogens is 448 g/mol. The first-order valence-corrected chi connectivity index (χ1v) is 11.4. The van der Waals surface area contributed by atoms with Crippen molar-refractivity contribution in [1.82, 2.24) is 10.6 Å². The molecule has 2 aromatic carbocycles. The highest BCUT2D eigenvalue weighted by Gasteiger charge is 2.14. The highest BCUT2D eigenvalue weighted by atomic mass is 19.1. The molecule has 0 aliphatic carbocycles. The van der Waals surface area contributed by atoms with Crippen molar-refractivity contribution >= 4 is 21.9 Å². The standard InChI is InChI=1S/2C13H15F2NO/c1-3-9(16-2)4-8-5-13-10(6-11(8)14)12(15)7-17-13;1-3-9(16-2)4-8-5-11(14)10-7-13(15)17-12(10)6-8/h2*5-7,9,16H,3-4H2,1-2H3. The second kappa shape index (κ2) is 11.5. The van der Waals surface area contributed by atoms with E-state index >= 15 is 0 Å². The van der Waals surface area contributed by atoms with Crippen LogP contribution in [0.15, 0.2) is 45.4 Å². The minimum atomic E-state index is -0.753. The van der Waals surface area contributed by atoms with Crippen LogP contribution in [0.1, 0.15) is 37.8 Å². The molecule has 0 saturated carbocycles. The second-order valence-corrected chi connectivity index (χ2v) is 8.26. The maximum Gasteiger partial charge on any atom is 0.278 e. The van der Waals surface area contributed by atoms with Gasteiger partial charge >= 0.3 is 0 Å². The average Bonchev–Trinajstić information content (AvgIpc) is 3.38. The van der Waals surface area contributed by atoms with Gasteiger partial charge in [0.15, 0.2) is 5.82 Å². The lowest BCUT2D eigenvalue weighted by atomic mass is 10.0. The number of rotatable bonds is 8. The summed E-state index contributed by atoms with van der Waals surface area (Å²) in [6.45, 7) is 4.09. The molecule has 2 unspecified atom stereocenters. The van der Waals surface area contributed by atoms with Crippen LogP contribution in [-0.4, -0.2) is 26.2 Å². The van der Waals surface area contributed by atoms with Crippen molar-refractivity contribution < 1.29 is 26.4 Å². The van der Waals surface area contributed by atoms with Gasteiger partial charge in [0.2, 0.25) is 0 Å². The summed E-state index contributed by atoms with van der Waals surface area (Å²) in [6.07, 6.45) is 4.12. The Kier molecular flexibility index (Phi) is 8.74. The molecule has 0 radical (unpaired) electrons. The van der Waals surface area contributed by atoms with Gasteiger partial charge in [-0.05, 0) is 75.2 Å². The Morgan fingerprint density at radius 2 is 1.38 bits per heavy atom. The van der Waals surface area contributed by atoms with Crippen molar-refractivity contribution in [3.05, 3.63) is 71.2 Å². The molecule has 0 aliphatic heterocycles. The molecule has 0 amide bonds. The zero-order valence-electron chi connectivity index (χ0n) is 19.8. The van der Waals surface area contributed by atoms with E-state index in [4.69, 9.17) is 8.83 Å². The minimum absolute atomic E-state index is 0.198. The number of fused-ring (bicyclic) bond motifs is 2. The Morgan fingerprint density at radius 3 is 2.03 bits per heavy atom. The van der Waals surface area contributed by atoms with Crippen LogP contribution in [0.4, 0.5) is 17.6 Å². The molecule has 2 atom stereocenters. The Morgan fingerprint density at radius 1 is 0.735 bits per heavy atom. The van der Waals surface area contributed by atoms with Gasteiger partial charge < -0.3 is 19.5 Å². The highest BCUT2D eigenvalue weighted by Crippen LogP contribution is 2.25. The molecule has 2 aromatic heterocycles. The van der Waals surface area contributed by atoms with Gasteiger partial charge in [-0.25, -0.2) is 13.2 Å².